The second-order valence-corrected chi connectivity index (χ2v) is 8.89. The molecule has 2 aromatic carbocycles. The SMILES string of the molecule is [2H]C([2H])([2H])N1C(=O)c2cccc(OC(F)F)c2[C@H]2C[C@@H]1c1nc3ccc(C#CC4CCCNC4)cc3n12. The molecular weight excluding hydrogens is 438 g/mol. The zero-order valence-corrected chi connectivity index (χ0v) is 18.2. The lowest BCUT2D eigenvalue weighted by Crippen LogP contribution is -2.30. The number of piperidine rings is 1. The molecule has 0 spiro atoms. The Morgan fingerprint density at radius 3 is 3.00 bits per heavy atom. The minimum absolute atomic E-state index is 0.0371. The van der Waals surface area contributed by atoms with Crippen LogP contribution in [0.3, 0.4) is 0 Å². The van der Waals surface area contributed by atoms with E-state index >= 15 is 0 Å². The van der Waals surface area contributed by atoms with Crippen molar-refractivity contribution in [2.45, 2.75) is 38.0 Å². The van der Waals surface area contributed by atoms with Crippen molar-refractivity contribution >= 4 is 16.9 Å². The summed E-state index contributed by atoms with van der Waals surface area (Å²) in [6.07, 6.45) is 2.30. The van der Waals surface area contributed by atoms with E-state index in [0.29, 0.717) is 16.9 Å². The number of aromatic nitrogens is 2. The molecule has 1 fully saturated rings. The van der Waals surface area contributed by atoms with E-state index in [1.165, 1.54) is 18.2 Å². The first-order chi connectivity index (χ1) is 17.7. The highest BCUT2D eigenvalue weighted by atomic mass is 19.3. The molecule has 1 aromatic heterocycles. The van der Waals surface area contributed by atoms with E-state index in [4.69, 9.17) is 13.8 Å². The molecule has 1 saturated heterocycles. The third-order valence-corrected chi connectivity index (χ3v) is 6.87. The molecule has 3 aromatic rings. The van der Waals surface area contributed by atoms with Crippen molar-refractivity contribution in [3.63, 3.8) is 0 Å². The van der Waals surface area contributed by atoms with Gasteiger partial charge in [-0.25, -0.2) is 4.98 Å². The summed E-state index contributed by atoms with van der Waals surface area (Å²) in [4.78, 5) is 19.0. The third kappa shape index (κ3) is 3.34. The van der Waals surface area contributed by atoms with Gasteiger partial charge < -0.3 is 19.5 Å². The van der Waals surface area contributed by atoms with Crippen LogP contribution in [0.4, 0.5) is 8.78 Å². The van der Waals surface area contributed by atoms with Gasteiger partial charge in [0.25, 0.3) is 5.91 Å². The fraction of sp³-hybridized carbons (Fsp3) is 0.385. The number of ether oxygens (including phenoxy) is 1. The van der Waals surface area contributed by atoms with Crippen LogP contribution in [0, 0.1) is 17.8 Å². The number of benzene rings is 2. The van der Waals surface area contributed by atoms with Crippen LogP contribution in [0.15, 0.2) is 36.4 Å². The van der Waals surface area contributed by atoms with Crippen LogP contribution in [0.25, 0.3) is 11.0 Å². The minimum atomic E-state index is -3.10. The van der Waals surface area contributed by atoms with Gasteiger partial charge in [-0.2, -0.15) is 8.78 Å². The molecule has 3 aliphatic heterocycles. The van der Waals surface area contributed by atoms with E-state index in [9.17, 15) is 13.6 Å². The van der Waals surface area contributed by atoms with Gasteiger partial charge in [0.05, 0.1) is 23.1 Å². The lowest BCUT2D eigenvalue weighted by atomic mass is 9.97. The maximum absolute atomic E-state index is 13.5. The molecule has 0 aliphatic carbocycles. The summed E-state index contributed by atoms with van der Waals surface area (Å²) in [5.41, 5.74) is 2.38. The smallest absolute Gasteiger partial charge is 0.387 e. The van der Waals surface area contributed by atoms with Gasteiger partial charge in [-0.05, 0) is 49.7 Å². The number of halogens is 2. The maximum Gasteiger partial charge on any atom is 0.387 e. The van der Waals surface area contributed by atoms with Gasteiger partial charge in [0.15, 0.2) is 0 Å². The number of carbonyl (C=O) groups is 1. The molecule has 174 valence electrons. The Bertz CT molecular complexity index is 1450. The molecule has 2 bridgehead atoms. The average molecular weight is 466 g/mol. The van der Waals surface area contributed by atoms with Crippen molar-refractivity contribution in [3.05, 3.63) is 58.9 Å². The summed E-state index contributed by atoms with van der Waals surface area (Å²) in [5, 5.41) is 3.35. The molecule has 3 atom stereocenters. The predicted octanol–water partition coefficient (Wildman–Crippen LogP) is 4.11. The van der Waals surface area contributed by atoms with Crippen molar-refractivity contribution in [1.82, 2.24) is 19.8 Å². The standard InChI is InChI=1S/C26H24F2N4O2/c1-31-21-13-20(23-17(25(31)33)5-2-6-22(23)34-26(27)28)32-19-12-15(9-10-18(19)30-24(21)32)7-8-16-4-3-11-29-14-16/h2,5-6,9-10,12,16,20-21,26,29H,3-4,11,13-14H2,1H3/t16?,20-,21-/m1/s1/i1D3. The van der Waals surface area contributed by atoms with Crippen molar-refractivity contribution in [1.29, 1.82) is 0 Å². The molecule has 0 saturated carbocycles. The van der Waals surface area contributed by atoms with Crippen LogP contribution in [0.1, 0.15) is 62.8 Å². The monoisotopic (exact) mass is 465 g/mol. The van der Waals surface area contributed by atoms with Gasteiger partial charge in [0.2, 0.25) is 0 Å². The largest absolute Gasteiger partial charge is 0.434 e. The Labute approximate surface area is 200 Å². The first-order valence-corrected chi connectivity index (χ1v) is 11.4. The quantitative estimate of drug-likeness (QED) is 0.579. The summed E-state index contributed by atoms with van der Waals surface area (Å²) in [6.45, 7) is -4.01. The maximum atomic E-state index is 13.5. The molecule has 1 amide bonds. The molecule has 0 radical (unpaired) electrons. The van der Waals surface area contributed by atoms with Crippen molar-refractivity contribution in [3.8, 4) is 17.6 Å². The Balaban J connectivity index is 1.53. The molecule has 4 heterocycles. The van der Waals surface area contributed by atoms with Crippen molar-refractivity contribution < 1.29 is 22.4 Å². The van der Waals surface area contributed by atoms with Crippen LogP contribution in [0.5, 0.6) is 5.75 Å². The number of alkyl halides is 2. The summed E-state index contributed by atoms with van der Waals surface area (Å²) in [7, 11) is 0. The second-order valence-electron chi connectivity index (χ2n) is 8.89. The number of fused-ring (bicyclic) bond motifs is 9. The van der Waals surface area contributed by atoms with Crippen molar-refractivity contribution in [2.75, 3.05) is 20.1 Å². The third-order valence-electron chi connectivity index (χ3n) is 6.87. The van der Waals surface area contributed by atoms with E-state index in [1.807, 2.05) is 22.8 Å². The fourth-order valence-electron chi connectivity index (χ4n) is 5.35. The first-order valence-electron chi connectivity index (χ1n) is 12.9. The second kappa shape index (κ2) is 8.10. The highest BCUT2D eigenvalue weighted by Gasteiger charge is 2.45. The van der Waals surface area contributed by atoms with Gasteiger partial charge in [-0.3, -0.25) is 4.79 Å². The molecule has 6 rings (SSSR count). The average Bonchev–Trinajstić information content (AvgIpc) is 3.35. The molecule has 3 aliphatic rings. The number of carbonyl (C=O) groups excluding carboxylic acids is 1. The van der Waals surface area contributed by atoms with Crippen LogP contribution in [-0.4, -0.2) is 47.0 Å². The lowest BCUT2D eigenvalue weighted by molar-refractivity contribution is -0.0507. The Kier molecular flexibility index (Phi) is 4.28. The molecule has 1 unspecified atom stereocenters. The van der Waals surface area contributed by atoms with E-state index in [0.717, 1.165) is 36.4 Å². The predicted molar refractivity (Wildman–Crippen MR) is 123 cm³/mol. The van der Waals surface area contributed by atoms with Gasteiger partial charge >= 0.3 is 6.61 Å². The number of nitrogens with one attached hydrogen (secondary N) is 1. The number of hydrogen-bond acceptors (Lipinski definition) is 4. The highest BCUT2D eigenvalue weighted by Crippen LogP contribution is 2.49. The molecule has 34 heavy (non-hydrogen) atoms. The first kappa shape index (κ1) is 18.0. The van der Waals surface area contributed by atoms with E-state index < -0.39 is 31.6 Å². The normalized spacial score (nSPS) is 25.0. The van der Waals surface area contributed by atoms with Gasteiger partial charge in [0, 0.05) is 46.7 Å². The van der Waals surface area contributed by atoms with Gasteiger partial charge in [0.1, 0.15) is 11.6 Å². The summed E-state index contributed by atoms with van der Waals surface area (Å²) < 4.78 is 57.6. The minimum Gasteiger partial charge on any atom is -0.434 e. The zero-order valence-electron chi connectivity index (χ0n) is 21.2. The molecule has 1 N–H and O–H groups in total. The van der Waals surface area contributed by atoms with E-state index in [1.54, 1.807) is 0 Å². The van der Waals surface area contributed by atoms with Crippen LogP contribution < -0.4 is 10.1 Å². The van der Waals surface area contributed by atoms with Gasteiger partial charge in [-0.1, -0.05) is 17.9 Å². The summed E-state index contributed by atoms with van der Waals surface area (Å²) in [5.74, 6) is 6.34. The van der Waals surface area contributed by atoms with Crippen LogP contribution in [0.2, 0.25) is 0 Å². The highest BCUT2D eigenvalue weighted by molar-refractivity contribution is 5.97. The van der Waals surface area contributed by atoms with E-state index in [2.05, 4.69) is 17.2 Å². The van der Waals surface area contributed by atoms with Gasteiger partial charge in [-0.15, -0.1) is 0 Å². The summed E-state index contributed by atoms with van der Waals surface area (Å²) >= 11 is 0. The zero-order chi connectivity index (χ0) is 25.9. The number of nitrogens with zero attached hydrogens (tertiary/aromatic N) is 3. The number of rotatable bonds is 2. The number of amides is 1. The fourth-order valence-corrected chi connectivity index (χ4v) is 5.35. The molecule has 6 nitrogen and oxygen atoms in total. The summed E-state index contributed by atoms with van der Waals surface area (Å²) in [6, 6.07) is 8.37. The molecular formula is C26H24F2N4O2. The number of hydrogen-bond donors (Lipinski definition) is 1. The lowest BCUT2D eigenvalue weighted by Gasteiger charge is -2.24. The Hall–Kier alpha value is -3.44. The van der Waals surface area contributed by atoms with Crippen molar-refractivity contribution in [2.24, 2.45) is 5.92 Å². The van der Waals surface area contributed by atoms with E-state index in [-0.39, 0.29) is 29.2 Å². The Morgan fingerprint density at radius 2 is 2.21 bits per heavy atom. The molecule has 8 heteroatoms. The number of imidazole rings is 1. The van der Waals surface area contributed by atoms with Crippen LogP contribution >= 0.6 is 0 Å². The Morgan fingerprint density at radius 1 is 1.29 bits per heavy atom. The van der Waals surface area contributed by atoms with Crippen LogP contribution in [-0.2, 0) is 0 Å². The topological polar surface area (TPSA) is 59.4 Å².